The fraction of sp³-hybridized carbons (Fsp3) is 0.353. The highest BCUT2D eigenvalue weighted by Crippen LogP contribution is 2.25. The number of hydrogen-bond donors (Lipinski definition) is 1. The van der Waals surface area contributed by atoms with Crippen molar-refractivity contribution in [3.05, 3.63) is 45.5 Å². The summed E-state index contributed by atoms with van der Waals surface area (Å²) in [4.78, 5) is 15.7. The molecule has 0 bridgehead atoms. The highest BCUT2D eigenvalue weighted by Gasteiger charge is 2.20. The zero-order valence-electron chi connectivity index (χ0n) is 14.3. The monoisotopic (exact) mass is 343 g/mol. The molecule has 6 nitrogen and oxygen atoms in total. The summed E-state index contributed by atoms with van der Waals surface area (Å²) in [5, 5.41) is 13.7. The fourth-order valence-corrected chi connectivity index (χ4v) is 3.51. The van der Waals surface area contributed by atoms with Gasteiger partial charge < -0.3 is 4.90 Å². The van der Waals surface area contributed by atoms with Crippen molar-refractivity contribution in [2.45, 2.75) is 27.3 Å². The van der Waals surface area contributed by atoms with Gasteiger partial charge in [-0.25, -0.2) is 0 Å². The van der Waals surface area contributed by atoms with Crippen molar-refractivity contribution in [3.63, 3.8) is 0 Å². The van der Waals surface area contributed by atoms with Gasteiger partial charge in [-0.05, 0) is 38.3 Å². The highest BCUT2D eigenvalue weighted by molar-refractivity contribution is 7.09. The molecule has 126 valence electrons. The van der Waals surface area contributed by atoms with Gasteiger partial charge >= 0.3 is 0 Å². The first-order valence-electron chi connectivity index (χ1n) is 7.89. The zero-order valence-corrected chi connectivity index (χ0v) is 15.1. The van der Waals surface area contributed by atoms with Crippen molar-refractivity contribution >= 4 is 17.2 Å². The van der Waals surface area contributed by atoms with Crippen LogP contribution in [0.15, 0.2) is 23.6 Å². The second kappa shape index (κ2) is 6.60. The molecular formula is C17H21N5OS. The minimum atomic E-state index is -0.0381. The maximum absolute atomic E-state index is 12.8. The summed E-state index contributed by atoms with van der Waals surface area (Å²) >= 11 is 1.66. The molecule has 3 rings (SSSR count). The molecule has 0 aliphatic rings. The van der Waals surface area contributed by atoms with E-state index in [4.69, 9.17) is 0 Å². The predicted octanol–water partition coefficient (Wildman–Crippen LogP) is 3.15. The second-order valence-corrected chi connectivity index (χ2v) is 6.77. The van der Waals surface area contributed by atoms with Crippen molar-refractivity contribution in [2.75, 3.05) is 6.54 Å². The Morgan fingerprint density at radius 3 is 2.79 bits per heavy atom. The van der Waals surface area contributed by atoms with E-state index in [2.05, 4.69) is 15.3 Å². The van der Waals surface area contributed by atoms with E-state index in [-0.39, 0.29) is 5.91 Å². The summed E-state index contributed by atoms with van der Waals surface area (Å²) in [7, 11) is 1.91. The summed E-state index contributed by atoms with van der Waals surface area (Å²) in [5.41, 5.74) is 4.18. The van der Waals surface area contributed by atoms with Gasteiger partial charge in [-0.2, -0.15) is 10.2 Å². The van der Waals surface area contributed by atoms with Gasteiger partial charge in [0.15, 0.2) is 0 Å². The Bertz CT molecular complexity index is 847. The molecule has 0 radical (unpaired) electrons. The molecule has 0 unspecified atom stereocenters. The van der Waals surface area contributed by atoms with E-state index in [1.54, 1.807) is 11.3 Å². The number of amides is 1. The number of aromatic amines is 1. The first kappa shape index (κ1) is 16.4. The lowest BCUT2D eigenvalue weighted by atomic mass is 10.1. The van der Waals surface area contributed by atoms with E-state index in [1.165, 1.54) is 4.88 Å². The van der Waals surface area contributed by atoms with Crippen molar-refractivity contribution in [3.8, 4) is 11.3 Å². The van der Waals surface area contributed by atoms with Crippen molar-refractivity contribution in [1.29, 1.82) is 0 Å². The topological polar surface area (TPSA) is 66.8 Å². The predicted molar refractivity (Wildman–Crippen MR) is 95.0 cm³/mol. The molecule has 0 atom stereocenters. The van der Waals surface area contributed by atoms with E-state index in [0.29, 0.717) is 18.8 Å². The van der Waals surface area contributed by atoms with Crippen LogP contribution in [0.2, 0.25) is 0 Å². The smallest absolute Gasteiger partial charge is 0.272 e. The molecule has 1 N–H and O–H groups in total. The first-order chi connectivity index (χ1) is 11.5. The largest absolute Gasteiger partial charge is 0.332 e. The number of carbonyl (C=O) groups excluding carboxylic acids is 1. The molecule has 3 aromatic rings. The van der Waals surface area contributed by atoms with Gasteiger partial charge in [-0.1, -0.05) is 6.07 Å². The number of nitrogens with zero attached hydrogens (tertiary/aromatic N) is 4. The number of hydrogen-bond acceptors (Lipinski definition) is 4. The van der Waals surface area contributed by atoms with Crippen LogP contribution in [-0.4, -0.2) is 37.3 Å². The standard InChI is InChI=1S/C17H21N5OS/c1-5-22(10-13-7-6-8-24-13)17(23)15-9-14(18-19-15)16-11(2)20-21(4)12(16)3/h6-9H,5,10H2,1-4H3,(H,18,19). The lowest BCUT2D eigenvalue weighted by molar-refractivity contribution is 0.0748. The molecule has 0 saturated heterocycles. The number of H-pyrrole nitrogens is 1. The zero-order chi connectivity index (χ0) is 17.3. The normalized spacial score (nSPS) is 11.0. The third-order valence-corrected chi connectivity index (χ3v) is 5.03. The summed E-state index contributed by atoms with van der Waals surface area (Å²) in [6, 6.07) is 5.86. The quantitative estimate of drug-likeness (QED) is 0.774. The molecule has 3 aromatic heterocycles. The average molecular weight is 343 g/mol. The number of aromatic nitrogens is 4. The Kier molecular flexibility index (Phi) is 4.53. The maximum atomic E-state index is 12.8. The van der Waals surface area contributed by atoms with Crippen LogP contribution in [0, 0.1) is 13.8 Å². The Balaban J connectivity index is 1.85. The number of nitrogens with one attached hydrogen (secondary N) is 1. The Hall–Kier alpha value is -2.41. The average Bonchev–Trinajstić information content (AvgIpc) is 3.27. The van der Waals surface area contributed by atoms with Crippen molar-refractivity contribution in [1.82, 2.24) is 24.9 Å². The van der Waals surface area contributed by atoms with Gasteiger partial charge in [0, 0.05) is 29.7 Å². The molecule has 0 fully saturated rings. The Labute approximate surface area is 145 Å². The van der Waals surface area contributed by atoms with Crippen molar-refractivity contribution in [2.24, 2.45) is 7.05 Å². The summed E-state index contributed by atoms with van der Waals surface area (Å²) in [6.07, 6.45) is 0. The third kappa shape index (κ3) is 2.99. The molecule has 0 spiro atoms. The van der Waals surface area contributed by atoms with Gasteiger partial charge in [-0.3, -0.25) is 14.6 Å². The molecule has 0 aliphatic heterocycles. The maximum Gasteiger partial charge on any atom is 0.272 e. The van der Waals surface area contributed by atoms with Crippen LogP contribution < -0.4 is 0 Å². The lowest BCUT2D eigenvalue weighted by Gasteiger charge is -2.19. The van der Waals surface area contributed by atoms with E-state index in [0.717, 1.165) is 22.6 Å². The highest BCUT2D eigenvalue weighted by atomic mass is 32.1. The van der Waals surface area contributed by atoms with E-state index in [1.807, 2.05) is 61.0 Å². The van der Waals surface area contributed by atoms with Crippen LogP contribution in [0.5, 0.6) is 0 Å². The van der Waals surface area contributed by atoms with Crippen LogP contribution in [0.3, 0.4) is 0 Å². The van der Waals surface area contributed by atoms with Crippen LogP contribution >= 0.6 is 11.3 Å². The van der Waals surface area contributed by atoms with Gasteiger partial charge in [0.25, 0.3) is 5.91 Å². The number of thiophene rings is 1. The summed E-state index contributed by atoms with van der Waals surface area (Å²) < 4.78 is 1.83. The molecule has 24 heavy (non-hydrogen) atoms. The van der Waals surface area contributed by atoms with E-state index < -0.39 is 0 Å². The fourth-order valence-electron chi connectivity index (χ4n) is 2.79. The summed E-state index contributed by atoms with van der Waals surface area (Å²) in [6.45, 7) is 7.20. The molecule has 1 amide bonds. The molecule has 0 aromatic carbocycles. The van der Waals surface area contributed by atoms with E-state index >= 15 is 0 Å². The minimum Gasteiger partial charge on any atom is -0.332 e. The Morgan fingerprint density at radius 1 is 1.42 bits per heavy atom. The number of carbonyl (C=O) groups is 1. The van der Waals surface area contributed by atoms with Crippen LogP contribution in [0.4, 0.5) is 0 Å². The molecule has 0 aliphatic carbocycles. The van der Waals surface area contributed by atoms with Crippen LogP contribution in [-0.2, 0) is 13.6 Å². The van der Waals surface area contributed by atoms with Crippen molar-refractivity contribution < 1.29 is 4.79 Å². The summed E-state index contributed by atoms with van der Waals surface area (Å²) in [5.74, 6) is -0.0381. The molecular weight excluding hydrogens is 322 g/mol. The third-order valence-electron chi connectivity index (χ3n) is 4.17. The second-order valence-electron chi connectivity index (χ2n) is 5.73. The Morgan fingerprint density at radius 2 is 2.21 bits per heavy atom. The molecule has 3 heterocycles. The number of rotatable bonds is 5. The van der Waals surface area contributed by atoms with Gasteiger partial charge in [0.1, 0.15) is 5.69 Å². The minimum absolute atomic E-state index is 0.0381. The first-order valence-corrected chi connectivity index (χ1v) is 8.76. The van der Waals surface area contributed by atoms with Crippen LogP contribution in [0.1, 0.15) is 33.7 Å². The van der Waals surface area contributed by atoms with Crippen LogP contribution in [0.25, 0.3) is 11.3 Å². The van der Waals surface area contributed by atoms with Gasteiger partial charge in [0.05, 0.1) is 17.9 Å². The lowest BCUT2D eigenvalue weighted by Crippen LogP contribution is -2.30. The SMILES string of the molecule is CCN(Cc1cccs1)C(=O)c1cc(-c2c(C)nn(C)c2C)n[nH]1. The molecule has 0 saturated carbocycles. The number of aryl methyl sites for hydroxylation is 2. The van der Waals surface area contributed by atoms with E-state index in [9.17, 15) is 4.79 Å². The van der Waals surface area contributed by atoms with Gasteiger partial charge in [-0.15, -0.1) is 11.3 Å². The van der Waals surface area contributed by atoms with Gasteiger partial charge in [0.2, 0.25) is 0 Å². The molecule has 7 heteroatoms.